The molecule has 0 bridgehead atoms. The summed E-state index contributed by atoms with van der Waals surface area (Å²) in [5, 5.41) is 2.89. The lowest BCUT2D eigenvalue weighted by atomic mass is 10.2. The van der Waals surface area contributed by atoms with Gasteiger partial charge in [-0.1, -0.05) is 12.1 Å². The fraction of sp³-hybridized carbons (Fsp3) is 0.421. The summed E-state index contributed by atoms with van der Waals surface area (Å²) in [6.45, 7) is 4.26. The third kappa shape index (κ3) is 5.62. The molecule has 0 radical (unpaired) electrons. The number of ketones is 1. The predicted molar refractivity (Wildman–Crippen MR) is 112 cm³/mol. The summed E-state index contributed by atoms with van der Waals surface area (Å²) < 4.78 is 27.2. The van der Waals surface area contributed by atoms with Crippen molar-refractivity contribution >= 4 is 38.2 Å². The average Bonchev–Trinajstić information content (AvgIpc) is 3.12. The molecule has 10 heteroatoms. The molecule has 0 unspecified atom stereocenters. The van der Waals surface area contributed by atoms with Crippen LogP contribution >= 0.6 is 11.3 Å². The van der Waals surface area contributed by atoms with Gasteiger partial charge in [-0.3, -0.25) is 9.59 Å². The van der Waals surface area contributed by atoms with E-state index < -0.39 is 10.0 Å². The highest BCUT2D eigenvalue weighted by molar-refractivity contribution is 7.89. The molecule has 1 aromatic carbocycles. The molecule has 0 aliphatic carbocycles. The van der Waals surface area contributed by atoms with Crippen LogP contribution in [0.5, 0.6) is 0 Å². The summed E-state index contributed by atoms with van der Waals surface area (Å²) in [7, 11) is -3.72. The zero-order valence-corrected chi connectivity index (χ0v) is 17.8. The van der Waals surface area contributed by atoms with Crippen molar-refractivity contribution in [3.05, 3.63) is 41.4 Å². The molecule has 1 N–H and O–H groups in total. The predicted octanol–water partition coefficient (Wildman–Crippen LogP) is 1.75. The molecule has 1 aromatic heterocycles. The van der Waals surface area contributed by atoms with E-state index in [1.165, 1.54) is 31.2 Å². The van der Waals surface area contributed by atoms with Gasteiger partial charge in [0.25, 0.3) is 0 Å². The van der Waals surface area contributed by atoms with Crippen LogP contribution in [-0.4, -0.2) is 62.7 Å². The number of thiazole rings is 1. The van der Waals surface area contributed by atoms with E-state index in [0.29, 0.717) is 25.2 Å². The molecule has 2 aromatic rings. The molecule has 0 saturated carbocycles. The Morgan fingerprint density at radius 2 is 1.90 bits per heavy atom. The van der Waals surface area contributed by atoms with Crippen LogP contribution in [0.2, 0.25) is 0 Å². The molecule has 1 aliphatic heterocycles. The molecule has 1 amide bonds. The minimum atomic E-state index is -3.72. The third-order valence-electron chi connectivity index (χ3n) is 4.74. The van der Waals surface area contributed by atoms with Gasteiger partial charge in [-0.2, -0.15) is 0 Å². The number of nitrogens with zero attached hydrogens (tertiary/aromatic N) is 3. The molecular weight excluding hydrogens is 412 g/mol. The van der Waals surface area contributed by atoms with Gasteiger partial charge in [-0.25, -0.2) is 18.1 Å². The number of benzene rings is 1. The monoisotopic (exact) mass is 436 g/mol. The van der Waals surface area contributed by atoms with Crippen molar-refractivity contribution < 1.29 is 18.0 Å². The van der Waals surface area contributed by atoms with Crippen LogP contribution in [0.1, 0.15) is 30.1 Å². The second-order valence-corrected chi connectivity index (χ2v) is 9.40. The first-order chi connectivity index (χ1) is 13.9. The number of Topliss-reactive ketones (excluding diaryl/α,β-unsaturated/α-hetero) is 1. The molecule has 2 heterocycles. The van der Waals surface area contributed by atoms with Crippen molar-refractivity contribution in [1.29, 1.82) is 0 Å². The van der Waals surface area contributed by atoms with Crippen molar-refractivity contribution in [3.8, 4) is 0 Å². The fourth-order valence-corrected chi connectivity index (χ4v) is 4.86. The van der Waals surface area contributed by atoms with Gasteiger partial charge in [0.15, 0.2) is 10.9 Å². The topological polar surface area (TPSA) is 99.7 Å². The number of hydrogen-bond acceptors (Lipinski definition) is 7. The van der Waals surface area contributed by atoms with Gasteiger partial charge in [0.1, 0.15) is 0 Å². The van der Waals surface area contributed by atoms with Crippen molar-refractivity contribution in [3.63, 3.8) is 0 Å². The summed E-state index contributed by atoms with van der Waals surface area (Å²) in [6.07, 6.45) is 2.72. The maximum atomic E-state index is 12.5. The van der Waals surface area contributed by atoms with Gasteiger partial charge in [0.05, 0.1) is 4.90 Å². The smallest absolute Gasteiger partial charge is 0.240 e. The molecular formula is C19H24N4O4S2. The van der Waals surface area contributed by atoms with E-state index in [0.717, 1.165) is 18.1 Å². The lowest BCUT2D eigenvalue weighted by Crippen LogP contribution is -2.37. The van der Waals surface area contributed by atoms with Crippen LogP contribution in [0, 0.1) is 0 Å². The van der Waals surface area contributed by atoms with Crippen LogP contribution in [0.3, 0.4) is 0 Å². The summed E-state index contributed by atoms with van der Waals surface area (Å²) in [5.41, 5.74) is 0.451. The van der Waals surface area contributed by atoms with Crippen LogP contribution in [-0.2, 0) is 14.8 Å². The fourth-order valence-electron chi connectivity index (χ4n) is 3.13. The lowest BCUT2D eigenvalue weighted by molar-refractivity contribution is -0.130. The van der Waals surface area contributed by atoms with Crippen LogP contribution in [0.25, 0.3) is 0 Å². The van der Waals surface area contributed by atoms with E-state index in [2.05, 4.69) is 14.6 Å². The standard InChI is InChI=1S/C19H24N4O4S2/c1-15(24)16-3-5-17(6-4-16)29(26,27)21-8-7-18(25)22-10-2-11-23(13-12-22)19-20-9-14-28-19/h3-6,9,14,21H,2,7-8,10-13H2,1H3. The van der Waals surface area contributed by atoms with Gasteiger partial charge in [0, 0.05) is 56.3 Å². The third-order valence-corrected chi connectivity index (χ3v) is 7.05. The van der Waals surface area contributed by atoms with Crippen molar-refractivity contribution in [2.24, 2.45) is 0 Å². The summed E-state index contributed by atoms with van der Waals surface area (Å²) in [5.74, 6) is -0.195. The maximum Gasteiger partial charge on any atom is 0.240 e. The quantitative estimate of drug-likeness (QED) is 0.664. The van der Waals surface area contributed by atoms with Crippen molar-refractivity contribution in [1.82, 2.24) is 14.6 Å². The van der Waals surface area contributed by atoms with Gasteiger partial charge < -0.3 is 9.80 Å². The number of carbonyl (C=O) groups is 2. The molecule has 156 valence electrons. The molecule has 0 atom stereocenters. The number of sulfonamides is 1. The van der Waals surface area contributed by atoms with Crippen LogP contribution < -0.4 is 9.62 Å². The zero-order chi connectivity index (χ0) is 20.9. The number of nitrogens with one attached hydrogen (secondary N) is 1. The van der Waals surface area contributed by atoms with E-state index in [4.69, 9.17) is 0 Å². The van der Waals surface area contributed by atoms with Gasteiger partial charge >= 0.3 is 0 Å². The highest BCUT2D eigenvalue weighted by atomic mass is 32.2. The van der Waals surface area contributed by atoms with Crippen molar-refractivity contribution in [2.45, 2.75) is 24.7 Å². The average molecular weight is 437 g/mol. The number of aromatic nitrogens is 1. The number of hydrogen-bond donors (Lipinski definition) is 1. The Morgan fingerprint density at radius 3 is 2.55 bits per heavy atom. The Morgan fingerprint density at radius 1 is 1.14 bits per heavy atom. The normalized spacial score (nSPS) is 15.2. The number of anilines is 1. The Labute approximate surface area is 174 Å². The van der Waals surface area contributed by atoms with E-state index >= 15 is 0 Å². The number of amides is 1. The van der Waals surface area contributed by atoms with Crippen molar-refractivity contribution in [2.75, 3.05) is 37.6 Å². The number of carbonyl (C=O) groups excluding carboxylic acids is 2. The zero-order valence-electron chi connectivity index (χ0n) is 16.2. The summed E-state index contributed by atoms with van der Waals surface area (Å²) >= 11 is 1.58. The molecule has 3 rings (SSSR count). The highest BCUT2D eigenvalue weighted by Gasteiger charge is 2.21. The van der Waals surface area contributed by atoms with E-state index in [-0.39, 0.29) is 29.6 Å². The SMILES string of the molecule is CC(=O)c1ccc(S(=O)(=O)NCCC(=O)N2CCCN(c3nccs3)CC2)cc1. The minimum absolute atomic E-state index is 0.0301. The highest BCUT2D eigenvalue weighted by Crippen LogP contribution is 2.19. The van der Waals surface area contributed by atoms with Crippen LogP contribution in [0.4, 0.5) is 5.13 Å². The van der Waals surface area contributed by atoms with Gasteiger partial charge in [-0.15, -0.1) is 11.3 Å². The van der Waals surface area contributed by atoms with Gasteiger partial charge in [-0.05, 0) is 25.5 Å². The minimum Gasteiger partial charge on any atom is -0.346 e. The van der Waals surface area contributed by atoms with E-state index in [1.54, 1.807) is 22.4 Å². The molecule has 1 aliphatic rings. The molecule has 29 heavy (non-hydrogen) atoms. The molecule has 1 fully saturated rings. The Kier molecular flexibility index (Phi) is 6.99. The van der Waals surface area contributed by atoms with Crippen LogP contribution in [0.15, 0.2) is 40.7 Å². The molecule has 8 nitrogen and oxygen atoms in total. The second-order valence-electron chi connectivity index (χ2n) is 6.76. The summed E-state index contributed by atoms with van der Waals surface area (Å²) in [6, 6.07) is 5.74. The molecule has 0 spiro atoms. The Balaban J connectivity index is 1.49. The Bertz CT molecular complexity index is 943. The first kappa shape index (κ1) is 21.4. The van der Waals surface area contributed by atoms with E-state index in [1.807, 2.05) is 5.38 Å². The Hall–Kier alpha value is -2.30. The summed E-state index contributed by atoms with van der Waals surface area (Å²) in [4.78, 5) is 32.2. The molecule has 1 saturated heterocycles. The first-order valence-electron chi connectivity index (χ1n) is 9.40. The second kappa shape index (κ2) is 9.47. The largest absolute Gasteiger partial charge is 0.346 e. The lowest BCUT2D eigenvalue weighted by Gasteiger charge is -2.21. The van der Waals surface area contributed by atoms with E-state index in [9.17, 15) is 18.0 Å². The number of rotatable bonds is 7. The maximum absolute atomic E-state index is 12.5. The first-order valence-corrected chi connectivity index (χ1v) is 11.8. The van der Waals surface area contributed by atoms with Gasteiger partial charge in [0.2, 0.25) is 15.9 Å².